The minimum Gasteiger partial charge on any atom is -0.490 e. The van der Waals surface area contributed by atoms with Crippen molar-refractivity contribution >= 4 is 0 Å². The second kappa shape index (κ2) is 3.47. The van der Waals surface area contributed by atoms with E-state index < -0.39 is 0 Å². The highest BCUT2D eigenvalue weighted by atomic mass is 16.6. The standard InChI is InChI=1S/C13H17NO2/c1-9-6-10-7-11(2-3-12(10)16-9)13(4-5-13)8-15-14/h2-3,7,9H,4-6,8,14H2,1H3. The number of hydrogen-bond acceptors (Lipinski definition) is 3. The molecule has 3 heteroatoms. The zero-order valence-electron chi connectivity index (χ0n) is 9.53. The molecule has 1 aromatic carbocycles. The molecule has 1 fully saturated rings. The predicted octanol–water partition coefficient (Wildman–Crippen LogP) is 1.93. The van der Waals surface area contributed by atoms with Crippen molar-refractivity contribution in [2.24, 2.45) is 5.90 Å². The summed E-state index contributed by atoms with van der Waals surface area (Å²) in [6.07, 6.45) is 3.69. The first-order valence-electron chi connectivity index (χ1n) is 5.85. The number of benzene rings is 1. The summed E-state index contributed by atoms with van der Waals surface area (Å²) in [7, 11) is 0. The number of nitrogens with two attached hydrogens (primary N) is 1. The Morgan fingerprint density at radius 2 is 2.31 bits per heavy atom. The van der Waals surface area contributed by atoms with Crippen molar-refractivity contribution in [1.82, 2.24) is 0 Å². The molecule has 0 saturated heterocycles. The van der Waals surface area contributed by atoms with Crippen LogP contribution in [0.2, 0.25) is 0 Å². The maximum absolute atomic E-state index is 5.70. The van der Waals surface area contributed by atoms with Crippen LogP contribution in [0.25, 0.3) is 0 Å². The van der Waals surface area contributed by atoms with Crippen molar-refractivity contribution in [3.63, 3.8) is 0 Å². The van der Waals surface area contributed by atoms with E-state index in [0.29, 0.717) is 12.7 Å². The van der Waals surface area contributed by atoms with Crippen molar-refractivity contribution in [3.05, 3.63) is 29.3 Å². The highest BCUT2D eigenvalue weighted by Gasteiger charge is 2.45. The van der Waals surface area contributed by atoms with E-state index in [1.165, 1.54) is 24.0 Å². The summed E-state index contributed by atoms with van der Waals surface area (Å²) in [5, 5.41) is 0. The molecule has 0 bridgehead atoms. The topological polar surface area (TPSA) is 44.5 Å². The molecule has 86 valence electrons. The predicted molar refractivity (Wildman–Crippen MR) is 61.3 cm³/mol. The monoisotopic (exact) mass is 219 g/mol. The van der Waals surface area contributed by atoms with E-state index in [2.05, 4.69) is 25.1 Å². The Bertz CT molecular complexity index is 412. The van der Waals surface area contributed by atoms with Gasteiger partial charge in [-0.15, -0.1) is 0 Å². The minimum absolute atomic E-state index is 0.190. The summed E-state index contributed by atoms with van der Waals surface area (Å²) in [4.78, 5) is 4.83. The lowest BCUT2D eigenvalue weighted by Crippen LogP contribution is -2.18. The molecular weight excluding hydrogens is 202 g/mol. The van der Waals surface area contributed by atoms with Crippen LogP contribution in [0.5, 0.6) is 5.75 Å². The summed E-state index contributed by atoms with van der Waals surface area (Å²) >= 11 is 0. The Morgan fingerprint density at radius 3 is 3.00 bits per heavy atom. The van der Waals surface area contributed by atoms with Crippen molar-refractivity contribution in [2.75, 3.05) is 6.61 Å². The smallest absolute Gasteiger partial charge is 0.123 e. The molecule has 1 aliphatic carbocycles. The van der Waals surface area contributed by atoms with Crippen LogP contribution in [-0.4, -0.2) is 12.7 Å². The molecular formula is C13H17NO2. The van der Waals surface area contributed by atoms with Gasteiger partial charge in [0.15, 0.2) is 0 Å². The molecule has 1 atom stereocenters. The number of fused-ring (bicyclic) bond motifs is 1. The number of rotatable bonds is 3. The second-order valence-corrected chi connectivity index (χ2v) is 5.05. The summed E-state index contributed by atoms with van der Waals surface area (Å²) in [5.41, 5.74) is 2.87. The molecule has 2 aliphatic rings. The van der Waals surface area contributed by atoms with Crippen LogP contribution in [0.15, 0.2) is 18.2 Å². The van der Waals surface area contributed by atoms with Gasteiger partial charge in [0, 0.05) is 11.8 Å². The molecule has 1 aliphatic heterocycles. The summed E-state index contributed by atoms with van der Waals surface area (Å²) in [6, 6.07) is 6.51. The van der Waals surface area contributed by atoms with Crippen LogP contribution in [0, 0.1) is 0 Å². The maximum atomic E-state index is 5.70. The average molecular weight is 219 g/mol. The number of ether oxygens (including phenoxy) is 1. The summed E-state index contributed by atoms with van der Waals surface area (Å²) in [6.45, 7) is 2.73. The molecule has 2 N–H and O–H groups in total. The zero-order chi connectivity index (χ0) is 11.2. The molecule has 0 aromatic heterocycles. The lowest BCUT2D eigenvalue weighted by molar-refractivity contribution is 0.116. The Morgan fingerprint density at radius 1 is 1.50 bits per heavy atom. The third-order valence-electron chi connectivity index (χ3n) is 3.72. The molecule has 1 saturated carbocycles. The summed E-state index contributed by atoms with van der Waals surface area (Å²) in [5.74, 6) is 6.24. The molecule has 3 rings (SSSR count). The fourth-order valence-electron chi connectivity index (χ4n) is 2.58. The fourth-order valence-corrected chi connectivity index (χ4v) is 2.58. The molecule has 3 nitrogen and oxygen atoms in total. The van der Waals surface area contributed by atoms with E-state index in [9.17, 15) is 0 Å². The van der Waals surface area contributed by atoms with Crippen molar-refractivity contribution in [1.29, 1.82) is 0 Å². The summed E-state index contributed by atoms with van der Waals surface area (Å²) < 4.78 is 5.70. The van der Waals surface area contributed by atoms with Gasteiger partial charge in [-0.05, 0) is 37.0 Å². The van der Waals surface area contributed by atoms with Gasteiger partial charge < -0.3 is 9.57 Å². The lowest BCUT2D eigenvalue weighted by Gasteiger charge is -2.14. The third kappa shape index (κ3) is 1.51. The van der Waals surface area contributed by atoms with Crippen LogP contribution in [0.4, 0.5) is 0 Å². The first kappa shape index (κ1) is 10.1. The third-order valence-corrected chi connectivity index (χ3v) is 3.72. The minimum atomic E-state index is 0.190. The van der Waals surface area contributed by atoms with Crippen LogP contribution in [0.1, 0.15) is 30.9 Å². The van der Waals surface area contributed by atoms with E-state index in [0.717, 1.165) is 12.2 Å². The Labute approximate surface area is 95.5 Å². The lowest BCUT2D eigenvalue weighted by atomic mass is 9.94. The normalized spacial score (nSPS) is 25.0. The Kier molecular flexibility index (Phi) is 2.19. The first-order chi connectivity index (χ1) is 7.73. The average Bonchev–Trinajstić information content (AvgIpc) is 2.93. The van der Waals surface area contributed by atoms with E-state index in [4.69, 9.17) is 15.5 Å². The van der Waals surface area contributed by atoms with Gasteiger partial charge in [0.1, 0.15) is 11.9 Å². The van der Waals surface area contributed by atoms with Crippen LogP contribution >= 0.6 is 0 Å². The maximum Gasteiger partial charge on any atom is 0.123 e. The van der Waals surface area contributed by atoms with Gasteiger partial charge in [0.2, 0.25) is 0 Å². The highest BCUT2D eigenvalue weighted by molar-refractivity contribution is 5.44. The first-order valence-corrected chi connectivity index (χ1v) is 5.85. The second-order valence-electron chi connectivity index (χ2n) is 5.05. The van der Waals surface area contributed by atoms with Gasteiger partial charge in [0.25, 0.3) is 0 Å². The molecule has 1 heterocycles. The van der Waals surface area contributed by atoms with Gasteiger partial charge >= 0.3 is 0 Å². The molecule has 0 amide bonds. The Balaban J connectivity index is 1.91. The molecule has 16 heavy (non-hydrogen) atoms. The highest BCUT2D eigenvalue weighted by Crippen LogP contribution is 2.49. The van der Waals surface area contributed by atoms with Gasteiger partial charge in [-0.1, -0.05) is 12.1 Å². The van der Waals surface area contributed by atoms with E-state index in [1.807, 2.05) is 0 Å². The quantitative estimate of drug-likeness (QED) is 0.790. The van der Waals surface area contributed by atoms with Crippen molar-refractivity contribution in [2.45, 2.75) is 37.7 Å². The van der Waals surface area contributed by atoms with Crippen molar-refractivity contribution in [3.8, 4) is 5.75 Å². The van der Waals surface area contributed by atoms with Gasteiger partial charge in [-0.2, -0.15) is 0 Å². The molecule has 1 aromatic rings. The van der Waals surface area contributed by atoms with E-state index in [-0.39, 0.29) is 5.41 Å². The van der Waals surface area contributed by atoms with Crippen molar-refractivity contribution < 1.29 is 9.57 Å². The van der Waals surface area contributed by atoms with Crippen LogP contribution < -0.4 is 10.6 Å². The van der Waals surface area contributed by atoms with Crippen LogP contribution in [0.3, 0.4) is 0 Å². The van der Waals surface area contributed by atoms with Crippen LogP contribution in [-0.2, 0) is 16.7 Å². The molecule has 0 radical (unpaired) electrons. The van der Waals surface area contributed by atoms with E-state index in [1.54, 1.807) is 0 Å². The molecule has 1 unspecified atom stereocenters. The van der Waals surface area contributed by atoms with E-state index >= 15 is 0 Å². The van der Waals surface area contributed by atoms with Gasteiger partial charge in [0.05, 0.1) is 6.61 Å². The largest absolute Gasteiger partial charge is 0.490 e. The zero-order valence-corrected chi connectivity index (χ0v) is 9.53. The number of hydrogen-bond donors (Lipinski definition) is 1. The van der Waals surface area contributed by atoms with Gasteiger partial charge in [-0.3, -0.25) is 0 Å². The molecule has 0 spiro atoms. The fraction of sp³-hybridized carbons (Fsp3) is 0.538. The SMILES string of the molecule is CC1Cc2cc(C3(CON)CC3)ccc2O1. The Hall–Kier alpha value is -1.06. The van der Waals surface area contributed by atoms with Gasteiger partial charge in [-0.25, -0.2) is 5.90 Å².